The number of imidazole rings is 1. The molecule has 1 aromatic heterocycles. The topological polar surface area (TPSA) is 87.5 Å². The van der Waals surface area contributed by atoms with Crippen LogP contribution in [-0.4, -0.2) is 51.2 Å². The van der Waals surface area contributed by atoms with Crippen molar-refractivity contribution in [2.24, 2.45) is 0 Å². The van der Waals surface area contributed by atoms with Gasteiger partial charge in [0.15, 0.2) is 5.69 Å². The predicted octanol–water partition coefficient (Wildman–Crippen LogP) is 0.775. The summed E-state index contributed by atoms with van der Waals surface area (Å²) in [7, 11) is 1.80. The van der Waals surface area contributed by atoms with Crippen molar-refractivity contribution in [3.8, 4) is 0 Å². The highest BCUT2D eigenvalue weighted by atomic mass is 16.4. The van der Waals surface area contributed by atoms with Gasteiger partial charge in [-0.25, -0.2) is 14.6 Å². The van der Waals surface area contributed by atoms with E-state index in [0.717, 1.165) is 12.8 Å². The zero-order valence-corrected chi connectivity index (χ0v) is 10.9. The molecule has 0 aliphatic heterocycles. The molecule has 7 nitrogen and oxygen atoms in total. The number of rotatable bonds is 5. The lowest BCUT2D eigenvalue weighted by atomic mass is 9.92. The molecule has 2 amide bonds. The number of nitrogens with zero attached hydrogens (tertiary/aromatic N) is 3. The van der Waals surface area contributed by atoms with Gasteiger partial charge >= 0.3 is 12.0 Å². The minimum atomic E-state index is -1.05. The Morgan fingerprint density at radius 1 is 1.58 bits per heavy atom. The molecule has 1 aliphatic rings. The highest BCUT2D eigenvalue weighted by Crippen LogP contribution is 2.23. The summed E-state index contributed by atoms with van der Waals surface area (Å²) in [5.41, 5.74) is 0.0120. The van der Waals surface area contributed by atoms with Crippen LogP contribution in [0.15, 0.2) is 12.5 Å². The van der Waals surface area contributed by atoms with Gasteiger partial charge in [0.25, 0.3) is 0 Å². The summed E-state index contributed by atoms with van der Waals surface area (Å²) in [5, 5.41) is 11.5. The molecule has 0 aromatic carbocycles. The summed E-state index contributed by atoms with van der Waals surface area (Å²) >= 11 is 0. The molecule has 2 N–H and O–H groups in total. The van der Waals surface area contributed by atoms with Gasteiger partial charge in [0.2, 0.25) is 0 Å². The van der Waals surface area contributed by atoms with Gasteiger partial charge in [-0.05, 0) is 19.3 Å². The molecule has 0 saturated heterocycles. The van der Waals surface area contributed by atoms with Crippen LogP contribution in [0.1, 0.15) is 29.8 Å². The van der Waals surface area contributed by atoms with Crippen LogP contribution in [0.5, 0.6) is 0 Å². The molecule has 19 heavy (non-hydrogen) atoms. The Kier molecular flexibility index (Phi) is 4.03. The zero-order valence-electron chi connectivity index (χ0n) is 10.9. The van der Waals surface area contributed by atoms with Crippen molar-refractivity contribution in [2.45, 2.75) is 31.8 Å². The Bertz CT molecular complexity index is 467. The smallest absolute Gasteiger partial charge is 0.356 e. The number of nitrogens with one attached hydrogen (secondary N) is 1. The summed E-state index contributed by atoms with van der Waals surface area (Å²) < 4.78 is 1.65. The first-order valence-electron chi connectivity index (χ1n) is 6.33. The Labute approximate surface area is 111 Å². The number of amides is 2. The summed E-state index contributed by atoms with van der Waals surface area (Å²) in [6.07, 6.45) is 6.24. The van der Waals surface area contributed by atoms with Crippen molar-refractivity contribution in [3.05, 3.63) is 18.2 Å². The van der Waals surface area contributed by atoms with Crippen LogP contribution in [0.3, 0.4) is 0 Å². The maximum Gasteiger partial charge on any atom is 0.356 e. The Hall–Kier alpha value is -2.05. The van der Waals surface area contributed by atoms with Gasteiger partial charge in [-0.3, -0.25) is 0 Å². The largest absolute Gasteiger partial charge is 0.476 e. The quantitative estimate of drug-likeness (QED) is 0.824. The average molecular weight is 266 g/mol. The van der Waals surface area contributed by atoms with E-state index in [1.807, 2.05) is 0 Å². The van der Waals surface area contributed by atoms with Crippen molar-refractivity contribution < 1.29 is 14.7 Å². The highest BCUT2D eigenvalue weighted by molar-refractivity contribution is 5.84. The number of carboxylic acids is 1. The number of carbonyl (C=O) groups is 2. The van der Waals surface area contributed by atoms with Gasteiger partial charge in [-0.15, -0.1) is 0 Å². The second-order valence-corrected chi connectivity index (χ2v) is 4.73. The van der Waals surface area contributed by atoms with Crippen LogP contribution in [0.4, 0.5) is 4.79 Å². The van der Waals surface area contributed by atoms with Crippen molar-refractivity contribution in [3.63, 3.8) is 0 Å². The van der Waals surface area contributed by atoms with E-state index in [4.69, 9.17) is 5.11 Å². The minimum absolute atomic E-state index is 0.0120. The maximum absolute atomic E-state index is 11.8. The monoisotopic (exact) mass is 266 g/mol. The average Bonchev–Trinajstić information content (AvgIpc) is 2.75. The van der Waals surface area contributed by atoms with Crippen LogP contribution in [0.25, 0.3) is 0 Å². The van der Waals surface area contributed by atoms with Crippen molar-refractivity contribution in [1.29, 1.82) is 0 Å². The van der Waals surface area contributed by atoms with Gasteiger partial charge in [-0.1, -0.05) is 0 Å². The molecule has 1 heterocycles. The van der Waals surface area contributed by atoms with Gasteiger partial charge in [0.1, 0.15) is 0 Å². The van der Waals surface area contributed by atoms with E-state index >= 15 is 0 Å². The molecule has 7 heteroatoms. The zero-order chi connectivity index (χ0) is 13.8. The summed E-state index contributed by atoms with van der Waals surface area (Å²) in [5.74, 6) is -1.05. The van der Waals surface area contributed by atoms with Crippen LogP contribution in [-0.2, 0) is 6.54 Å². The molecule has 1 fully saturated rings. The second kappa shape index (κ2) is 5.73. The lowest BCUT2D eigenvalue weighted by Gasteiger charge is -2.34. The van der Waals surface area contributed by atoms with E-state index in [9.17, 15) is 9.59 Å². The van der Waals surface area contributed by atoms with E-state index in [0.29, 0.717) is 19.1 Å². The fraction of sp³-hybridized carbons (Fsp3) is 0.583. The van der Waals surface area contributed by atoms with Crippen molar-refractivity contribution in [2.75, 3.05) is 13.6 Å². The molecule has 0 atom stereocenters. The third-order valence-corrected chi connectivity index (χ3v) is 3.44. The number of carboxylic acid groups (broad SMARTS) is 1. The van der Waals surface area contributed by atoms with E-state index in [2.05, 4.69) is 10.3 Å². The fourth-order valence-electron chi connectivity index (χ4n) is 1.95. The third-order valence-electron chi connectivity index (χ3n) is 3.44. The highest BCUT2D eigenvalue weighted by Gasteiger charge is 2.25. The number of hydrogen-bond acceptors (Lipinski definition) is 3. The van der Waals surface area contributed by atoms with E-state index in [1.54, 1.807) is 16.5 Å². The lowest BCUT2D eigenvalue weighted by Crippen LogP contribution is -2.47. The number of aromatic nitrogens is 2. The SMILES string of the molecule is CN(C(=O)NCCn1cnc(C(=O)O)c1)C1CCC1. The molecule has 1 aromatic rings. The molecule has 104 valence electrons. The summed E-state index contributed by atoms with van der Waals surface area (Å²) in [6.45, 7) is 0.954. The van der Waals surface area contributed by atoms with Crippen LogP contribution < -0.4 is 5.32 Å². The molecule has 0 unspecified atom stereocenters. The molecule has 0 radical (unpaired) electrons. The van der Waals surface area contributed by atoms with E-state index < -0.39 is 5.97 Å². The lowest BCUT2D eigenvalue weighted by molar-refractivity contribution is 0.0691. The summed E-state index contributed by atoms with van der Waals surface area (Å²) in [6, 6.07) is 0.287. The number of hydrogen-bond donors (Lipinski definition) is 2. The van der Waals surface area contributed by atoms with E-state index in [1.165, 1.54) is 18.9 Å². The molecular weight excluding hydrogens is 248 g/mol. The fourth-order valence-corrected chi connectivity index (χ4v) is 1.95. The van der Waals surface area contributed by atoms with Gasteiger partial charge in [0, 0.05) is 32.4 Å². The molecular formula is C12H18N4O3. The Morgan fingerprint density at radius 3 is 2.84 bits per heavy atom. The third kappa shape index (κ3) is 3.24. The number of aromatic carboxylic acids is 1. The molecule has 1 aliphatic carbocycles. The van der Waals surface area contributed by atoms with Crippen molar-refractivity contribution in [1.82, 2.24) is 19.8 Å². The van der Waals surface area contributed by atoms with Gasteiger partial charge < -0.3 is 19.9 Å². The second-order valence-electron chi connectivity index (χ2n) is 4.73. The van der Waals surface area contributed by atoms with Crippen molar-refractivity contribution >= 4 is 12.0 Å². The number of carbonyl (C=O) groups excluding carboxylic acids is 1. The first kappa shape index (κ1) is 13.4. The van der Waals surface area contributed by atoms with Gasteiger partial charge in [-0.2, -0.15) is 0 Å². The Morgan fingerprint density at radius 2 is 2.32 bits per heavy atom. The first-order chi connectivity index (χ1) is 9.08. The molecule has 2 rings (SSSR count). The first-order valence-corrected chi connectivity index (χ1v) is 6.33. The molecule has 0 bridgehead atoms. The minimum Gasteiger partial charge on any atom is -0.476 e. The summed E-state index contributed by atoms with van der Waals surface area (Å²) in [4.78, 5) is 27.9. The Balaban J connectivity index is 1.73. The molecule has 0 spiro atoms. The van der Waals surface area contributed by atoms with Crippen LogP contribution in [0, 0.1) is 0 Å². The molecule has 1 saturated carbocycles. The normalized spacial score (nSPS) is 14.8. The van der Waals surface area contributed by atoms with Gasteiger partial charge in [0.05, 0.1) is 6.33 Å². The van der Waals surface area contributed by atoms with Crippen LogP contribution in [0.2, 0.25) is 0 Å². The predicted molar refractivity (Wildman–Crippen MR) is 68.0 cm³/mol. The van der Waals surface area contributed by atoms with E-state index in [-0.39, 0.29) is 11.7 Å². The standard InChI is InChI=1S/C12H18N4O3/c1-15(9-3-2-4-9)12(19)13-5-6-16-7-10(11(17)18)14-8-16/h7-9H,2-6H2,1H3,(H,13,19)(H,17,18). The maximum atomic E-state index is 11.8. The number of urea groups is 1. The van der Waals surface area contributed by atoms with Crippen LogP contribution >= 0.6 is 0 Å².